The Bertz CT molecular complexity index is 1860. The third-order valence-corrected chi connectivity index (χ3v) is 9.99. The number of ether oxygens (including phenoxy) is 2. The minimum absolute atomic E-state index is 0.0806. The number of ketones is 2. The van der Waals surface area contributed by atoms with Crippen LogP contribution >= 0.6 is 0 Å². The van der Waals surface area contributed by atoms with Crippen LogP contribution in [0.5, 0.6) is 0 Å². The highest BCUT2D eigenvalue weighted by Gasteiger charge is 2.41. The molecule has 2 aliphatic carbocycles. The molecule has 12 nitrogen and oxygen atoms in total. The molecule has 0 fully saturated rings. The lowest BCUT2D eigenvalue weighted by Gasteiger charge is -2.36. The Morgan fingerprint density at radius 2 is 0.900 bits per heavy atom. The average Bonchev–Trinajstić information content (AvgIpc) is 3.13. The Morgan fingerprint density at radius 1 is 0.583 bits per heavy atom. The summed E-state index contributed by atoms with van der Waals surface area (Å²) in [6, 6.07) is 0. The molecule has 324 valence electrons. The molecule has 2 unspecified atom stereocenters. The van der Waals surface area contributed by atoms with Crippen LogP contribution in [0.4, 0.5) is 9.59 Å². The summed E-state index contributed by atoms with van der Waals surface area (Å²) in [5.74, 6) is -2.62. The second kappa shape index (κ2) is 23.5. The molecule has 12 heteroatoms. The zero-order valence-electron chi connectivity index (χ0n) is 36.6. The van der Waals surface area contributed by atoms with Crippen molar-refractivity contribution in [3.05, 3.63) is 130 Å². The van der Waals surface area contributed by atoms with E-state index >= 15 is 0 Å². The highest BCUT2D eigenvalue weighted by molar-refractivity contribution is 6.02. The zero-order valence-corrected chi connectivity index (χ0v) is 36.6. The molecule has 2 atom stereocenters. The van der Waals surface area contributed by atoms with Crippen molar-refractivity contribution in [1.82, 2.24) is 10.6 Å². The van der Waals surface area contributed by atoms with Crippen molar-refractivity contribution in [2.24, 2.45) is 10.8 Å². The van der Waals surface area contributed by atoms with Gasteiger partial charge < -0.3 is 30.3 Å². The number of hydrogen-bond donors (Lipinski definition) is 4. The van der Waals surface area contributed by atoms with Gasteiger partial charge in [-0.25, -0.2) is 9.59 Å². The van der Waals surface area contributed by atoms with E-state index in [0.29, 0.717) is 24.0 Å². The fourth-order valence-electron chi connectivity index (χ4n) is 6.64. The van der Waals surface area contributed by atoms with Crippen molar-refractivity contribution in [3.8, 4) is 0 Å². The first-order chi connectivity index (χ1) is 28.0. The third kappa shape index (κ3) is 17.1. The first-order valence-corrected chi connectivity index (χ1v) is 20.0. The summed E-state index contributed by atoms with van der Waals surface area (Å²) in [6.45, 7) is 19.2. The first-order valence-electron chi connectivity index (χ1n) is 20.0. The lowest BCUT2D eigenvalue weighted by molar-refractivity contribution is -0.137. The van der Waals surface area contributed by atoms with Gasteiger partial charge in [-0.2, -0.15) is 0 Å². The van der Waals surface area contributed by atoms with Crippen LogP contribution in [0.1, 0.15) is 94.9 Å². The molecule has 2 aliphatic rings. The number of carboxylic acids is 2. The van der Waals surface area contributed by atoms with Crippen molar-refractivity contribution in [2.45, 2.75) is 107 Å². The number of aliphatic carboxylic acids is 2. The third-order valence-electron chi connectivity index (χ3n) is 9.99. The van der Waals surface area contributed by atoms with Gasteiger partial charge in [0.2, 0.25) is 0 Å². The standard InChI is InChI=1S/C48H62N2O10/c1-31(17-13-19-33(3)21-23-37-35(5)43(55)39(29-47(37,7)8)59-45(57)49-27-25-41(51)52)15-11-12-16-32(2)18-14-20-34(4)22-24-38-36(6)44(56)40(30-48(38,9)10)60-46(58)50-28-26-42(53)54/h11-24,39-40H,25-30H2,1-10H3,(H,49,57)(H,50,58)(H,51,52)(H,53,54)/b12-11+,17-13+,18-14+,23-21+,24-22+,31-15+,32-16+,33-19+,34-20+. The molecular formula is C48H62N2O10. The maximum atomic E-state index is 13.0. The fourth-order valence-corrected chi connectivity index (χ4v) is 6.64. The number of alkyl carbamates (subject to hydrolysis) is 2. The zero-order chi connectivity index (χ0) is 45.2. The highest BCUT2D eigenvalue weighted by Crippen LogP contribution is 2.42. The molecular weight excluding hydrogens is 765 g/mol. The summed E-state index contributed by atoms with van der Waals surface area (Å²) in [5.41, 5.74) is 5.99. The highest BCUT2D eigenvalue weighted by atomic mass is 16.6. The second-order valence-corrected chi connectivity index (χ2v) is 16.3. The number of amides is 2. The van der Waals surface area contributed by atoms with E-state index in [-0.39, 0.29) is 37.5 Å². The Labute approximate surface area is 354 Å². The van der Waals surface area contributed by atoms with Crippen molar-refractivity contribution in [3.63, 3.8) is 0 Å². The van der Waals surface area contributed by atoms with E-state index in [1.807, 2.05) is 140 Å². The number of carbonyl (C=O) groups is 6. The molecule has 2 rings (SSSR count). The summed E-state index contributed by atoms with van der Waals surface area (Å²) in [6.07, 6.45) is 24.3. The molecule has 0 saturated carbocycles. The van der Waals surface area contributed by atoms with Crippen molar-refractivity contribution in [1.29, 1.82) is 0 Å². The smallest absolute Gasteiger partial charge is 0.407 e. The van der Waals surface area contributed by atoms with Crippen LogP contribution in [-0.2, 0) is 28.7 Å². The molecule has 0 saturated heterocycles. The Kier molecular flexibility index (Phi) is 19.6. The summed E-state index contributed by atoms with van der Waals surface area (Å²) >= 11 is 0. The molecule has 0 aromatic carbocycles. The molecule has 2 amide bonds. The molecule has 0 heterocycles. The van der Waals surface area contributed by atoms with E-state index in [1.165, 1.54) is 0 Å². The molecule has 0 radical (unpaired) electrons. The van der Waals surface area contributed by atoms with Crippen LogP contribution in [-0.4, -0.2) is 71.2 Å². The molecule has 0 spiro atoms. The lowest BCUT2D eigenvalue weighted by atomic mass is 9.71. The van der Waals surface area contributed by atoms with Gasteiger partial charge in [0, 0.05) is 25.9 Å². The quantitative estimate of drug-likeness (QED) is 0.0971. The number of allylic oxidation sites excluding steroid dienone is 20. The van der Waals surface area contributed by atoms with Crippen LogP contribution < -0.4 is 10.6 Å². The van der Waals surface area contributed by atoms with Gasteiger partial charge in [0.15, 0.2) is 23.8 Å². The molecule has 0 bridgehead atoms. The van der Waals surface area contributed by atoms with Crippen molar-refractivity contribution in [2.75, 3.05) is 13.1 Å². The predicted octanol–water partition coefficient (Wildman–Crippen LogP) is 9.32. The van der Waals surface area contributed by atoms with Gasteiger partial charge in [-0.3, -0.25) is 19.2 Å². The summed E-state index contributed by atoms with van der Waals surface area (Å²) in [5, 5.41) is 22.3. The number of hydrogen-bond acceptors (Lipinski definition) is 8. The lowest BCUT2D eigenvalue weighted by Crippen LogP contribution is -2.41. The molecule has 0 aromatic rings. The van der Waals surface area contributed by atoms with E-state index in [0.717, 1.165) is 33.4 Å². The minimum atomic E-state index is -1.04. The van der Waals surface area contributed by atoms with Crippen molar-refractivity contribution >= 4 is 35.7 Å². The van der Waals surface area contributed by atoms with Crippen LogP contribution in [0, 0.1) is 10.8 Å². The van der Waals surface area contributed by atoms with E-state index < -0.39 is 47.2 Å². The largest absolute Gasteiger partial charge is 0.481 e. The number of carboxylic acid groups (broad SMARTS) is 2. The summed E-state index contributed by atoms with van der Waals surface area (Å²) in [4.78, 5) is 71.7. The van der Waals surface area contributed by atoms with Gasteiger partial charge in [0.05, 0.1) is 12.8 Å². The minimum Gasteiger partial charge on any atom is -0.481 e. The van der Waals surface area contributed by atoms with Crippen LogP contribution in [0.3, 0.4) is 0 Å². The second-order valence-electron chi connectivity index (χ2n) is 16.3. The normalized spacial score (nSPS) is 20.6. The SMILES string of the molecule is CC1=C(/C=C/C(C)=C/C=C/C(C)=C/C=C/C=C(C)/C=C/C=C(C)/C=C/C2=C(C)C(=O)C(OC(=O)NCCC(=O)O)CC2(C)C)C(C)(C)CC(OC(=O)NCCC(=O)O)C1=O. The fraction of sp³-hybridized carbons (Fsp3) is 0.417. The average molecular weight is 827 g/mol. The topological polar surface area (TPSA) is 185 Å². The number of rotatable bonds is 18. The first kappa shape index (κ1) is 50.1. The number of carbonyl (C=O) groups excluding carboxylic acids is 4. The van der Waals surface area contributed by atoms with Gasteiger partial charge in [-0.15, -0.1) is 0 Å². The van der Waals surface area contributed by atoms with Gasteiger partial charge in [0.25, 0.3) is 0 Å². The van der Waals surface area contributed by atoms with E-state index in [1.54, 1.807) is 13.8 Å². The van der Waals surface area contributed by atoms with Gasteiger partial charge in [-0.1, -0.05) is 135 Å². The molecule has 60 heavy (non-hydrogen) atoms. The maximum Gasteiger partial charge on any atom is 0.407 e. The van der Waals surface area contributed by atoms with Crippen molar-refractivity contribution < 1.29 is 48.5 Å². The van der Waals surface area contributed by atoms with E-state index in [9.17, 15) is 28.8 Å². The number of nitrogens with one attached hydrogen (secondary N) is 2. The van der Waals surface area contributed by atoms with Gasteiger partial charge in [-0.05, 0) is 74.7 Å². The summed E-state index contributed by atoms with van der Waals surface area (Å²) in [7, 11) is 0. The molecule has 0 aromatic heterocycles. The van der Waals surface area contributed by atoms with Crippen LogP contribution in [0.25, 0.3) is 0 Å². The summed E-state index contributed by atoms with van der Waals surface area (Å²) < 4.78 is 10.7. The van der Waals surface area contributed by atoms with E-state index in [4.69, 9.17) is 19.7 Å². The monoisotopic (exact) mass is 826 g/mol. The van der Waals surface area contributed by atoms with Crippen LogP contribution in [0.15, 0.2) is 130 Å². The van der Waals surface area contributed by atoms with E-state index in [2.05, 4.69) is 10.6 Å². The number of Topliss-reactive ketones (excluding diaryl/α,β-unsaturated/α-hetero) is 2. The molecule has 0 aliphatic heterocycles. The maximum absolute atomic E-state index is 13.0. The Morgan fingerprint density at radius 3 is 1.23 bits per heavy atom. The van der Waals surface area contributed by atoms with Gasteiger partial charge in [0.1, 0.15) is 0 Å². The van der Waals surface area contributed by atoms with Crippen LogP contribution in [0.2, 0.25) is 0 Å². The predicted molar refractivity (Wildman–Crippen MR) is 234 cm³/mol. The van der Waals surface area contributed by atoms with Gasteiger partial charge >= 0.3 is 24.1 Å². The Balaban J connectivity index is 1.96. The molecule has 4 N–H and O–H groups in total. The Hall–Kier alpha value is -6.04.